The molecule has 1 aliphatic heterocycles. The van der Waals surface area contributed by atoms with Gasteiger partial charge in [-0.25, -0.2) is 0 Å². The van der Waals surface area contributed by atoms with Crippen LogP contribution in [0.15, 0.2) is 14.3 Å². The Bertz CT molecular complexity index is 377. The second-order valence-corrected chi connectivity index (χ2v) is 7.97. The van der Waals surface area contributed by atoms with Crippen molar-refractivity contribution in [3.63, 3.8) is 0 Å². The Labute approximate surface area is 130 Å². The second-order valence-electron chi connectivity index (χ2n) is 4.71. The molecule has 102 valence electrons. The Morgan fingerprint density at radius 1 is 1.33 bits per heavy atom. The maximum absolute atomic E-state index is 6.00. The monoisotopic (exact) mass is 395 g/mol. The van der Waals surface area contributed by atoms with Gasteiger partial charge in [0.25, 0.3) is 0 Å². The molecule has 0 radical (unpaired) electrons. The van der Waals surface area contributed by atoms with Crippen LogP contribution < -0.4 is 5.73 Å². The molecular weight excluding hydrogens is 378 g/mol. The van der Waals surface area contributed by atoms with Crippen LogP contribution in [0.1, 0.15) is 17.3 Å². The summed E-state index contributed by atoms with van der Waals surface area (Å²) in [5.74, 6) is 0. The number of likely N-dealkylation sites (N-methyl/N-ethyl adjacent to an activating group) is 1. The highest BCUT2D eigenvalue weighted by Crippen LogP contribution is 2.37. The van der Waals surface area contributed by atoms with Crippen molar-refractivity contribution >= 4 is 43.2 Å². The summed E-state index contributed by atoms with van der Waals surface area (Å²) in [6.07, 6.45) is 1.22. The van der Waals surface area contributed by atoms with Gasteiger partial charge in [0.15, 0.2) is 0 Å². The quantitative estimate of drug-likeness (QED) is 0.852. The van der Waals surface area contributed by atoms with E-state index in [1.54, 1.807) is 11.3 Å². The molecule has 2 N–H and O–H groups in total. The van der Waals surface area contributed by atoms with Gasteiger partial charge in [0.1, 0.15) is 0 Å². The van der Waals surface area contributed by atoms with Crippen molar-refractivity contribution < 1.29 is 0 Å². The van der Waals surface area contributed by atoms with E-state index < -0.39 is 0 Å². The van der Waals surface area contributed by atoms with E-state index in [9.17, 15) is 0 Å². The highest BCUT2D eigenvalue weighted by molar-refractivity contribution is 9.13. The van der Waals surface area contributed by atoms with Crippen molar-refractivity contribution in [2.45, 2.75) is 12.5 Å². The van der Waals surface area contributed by atoms with E-state index in [1.807, 2.05) is 0 Å². The number of nitrogens with zero attached hydrogens (tertiary/aromatic N) is 2. The van der Waals surface area contributed by atoms with Crippen LogP contribution >= 0.6 is 43.2 Å². The number of hydrogen-bond acceptors (Lipinski definition) is 4. The van der Waals surface area contributed by atoms with Gasteiger partial charge >= 0.3 is 0 Å². The van der Waals surface area contributed by atoms with Crippen molar-refractivity contribution in [2.75, 3.05) is 39.8 Å². The Hall–Kier alpha value is 0.540. The summed E-state index contributed by atoms with van der Waals surface area (Å²) in [7, 11) is 2.19. The van der Waals surface area contributed by atoms with Crippen molar-refractivity contribution in [1.29, 1.82) is 0 Å². The standard InChI is InChI=1S/C12H19Br2N3S/c1-16-3-2-4-17(6-5-16)10(8-15)11-7-9(13)12(14)18-11/h7,10H,2-6,8,15H2,1H3. The summed E-state index contributed by atoms with van der Waals surface area (Å²) in [5.41, 5.74) is 6.00. The van der Waals surface area contributed by atoms with Gasteiger partial charge in [-0.1, -0.05) is 0 Å². The minimum Gasteiger partial charge on any atom is -0.329 e. The summed E-state index contributed by atoms with van der Waals surface area (Å²) in [6.45, 7) is 5.24. The highest BCUT2D eigenvalue weighted by atomic mass is 79.9. The third-order valence-electron chi connectivity index (χ3n) is 3.41. The molecule has 0 amide bonds. The first-order chi connectivity index (χ1) is 8.61. The summed E-state index contributed by atoms with van der Waals surface area (Å²) in [6, 6.07) is 2.55. The summed E-state index contributed by atoms with van der Waals surface area (Å²) in [5, 5.41) is 0. The number of halogens is 2. The van der Waals surface area contributed by atoms with Gasteiger partial charge in [0, 0.05) is 35.5 Å². The average Bonchev–Trinajstić information content (AvgIpc) is 2.53. The molecule has 1 fully saturated rings. The lowest BCUT2D eigenvalue weighted by Gasteiger charge is -2.28. The van der Waals surface area contributed by atoms with Crippen LogP contribution in [-0.4, -0.2) is 49.6 Å². The zero-order valence-electron chi connectivity index (χ0n) is 10.5. The lowest BCUT2D eigenvalue weighted by atomic mass is 10.2. The van der Waals surface area contributed by atoms with Crippen molar-refractivity contribution in [1.82, 2.24) is 9.80 Å². The molecule has 6 heteroatoms. The van der Waals surface area contributed by atoms with E-state index in [0.29, 0.717) is 12.6 Å². The van der Waals surface area contributed by atoms with E-state index >= 15 is 0 Å². The van der Waals surface area contributed by atoms with Crippen molar-refractivity contribution in [2.24, 2.45) is 5.73 Å². The molecule has 0 spiro atoms. The molecule has 0 saturated carbocycles. The summed E-state index contributed by atoms with van der Waals surface area (Å²) in [4.78, 5) is 6.27. The molecule has 2 rings (SSSR count). The molecule has 0 aliphatic carbocycles. The van der Waals surface area contributed by atoms with Gasteiger partial charge in [0.2, 0.25) is 0 Å². The predicted molar refractivity (Wildman–Crippen MR) is 85.2 cm³/mol. The molecule has 1 aromatic heterocycles. The molecule has 2 heterocycles. The Morgan fingerprint density at radius 2 is 2.11 bits per heavy atom. The first-order valence-corrected chi connectivity index (χ1v) is 8.59. The zero-order valence-corrected chi connectivity index (χ0v) is 14.5. The van der Waals surface area contributed by atoms with Crippen molar-refractivity contribution in [3.05, 3.63) is 19.2 Å². The highest BCUT2D eigenvalue weighted by Gasteiger charge is 2.23. The van der Waals surface area contributed by atoms with Crippen LogP contribution in [0.25, 0.3) is 0 Å². The van der Waals surface area contributed by atoms with Gasteiger partial charge < -0.3 is 10.6 Å². The van der Waals surface area contributed by atoms with Gasteiger partial charge in [0.05, 0.1) is 9.83 Å². The molecule has 1 aromatic rings. The third-order valence-corrected chi connectivity index (χ3v) is 6.77. The summed E-state index contributed by atoms with van der Waals surface area (Å²) >= 11 is 8.91. The molecule has 3 nitrogen and oxygen atoms in total. The fourth-order valence-electron chi connectivity index (χ4n) is 2.35. The van der Waals surface area contributed by atoms with Crippen LogP contribution in [0, 0.1) is 0 Å². The molecular formula is C12H19Br2N3S. The Kier molecular flexibility index (Phi) is 5.65. The molecule has 18 heavy (non-hydrogen) atoms. The largest absolute Gasteiger partial charge is 0.329 e. The molecule has 1 atom stereocenters. The maximum atomic E-state index is 6.00. The number of thiophene rings is 1. The van der Waals surface area contributed by atoms with Crippen LogP contribution in [0.5, 0.6) is 0 Å². The first kappa shape index (κ1) is 14.9. The van der Waals surface area contributed by atoms with Crippen molar-refractivity contribution in [3.8, 4) is 0 Å². The lowest BCUT2D eigenvalue weighted by molar-refractivity contribution is 0.211. The average molecular weight is 397 g/mol. The predicted octanol–water partition coefficient (Wildman–Crippen LogP) is 2.91. The van der Waals surface area contributed by atoms with Gasteiger partial charge in [-0.3, -0.25) is 4.90 Å². The summed E-state index contributed by atoms with van der Waals surface area (Å²) < 4.78 is 2.29. The van der Waals surface area contributed by atoms with E-state index in [4.69, 9.17) is 5.73 Å². The maximum Gasteiger partial charge on any atom is 0.0843 e. The molecule has 0 aromatic carbocycles. The van der Waals surface area contributed by atoms with Crippen LogP contribution in [0.3, 0.4) is 0 Å². The lowest BCUT2D eigenvalue weighted by Crippen LogP contribution is -2.36. The number of hydrogen-bond donors (Lipinski definition) is 1. The fraction of sp³-hybridized carbons (Fsp3) is 0.667. The van der Waals surface area contributed by atoms with Gasteiger partial charge in [-0.2, -0.15) is 0 Å². The smallest absolute Gasteiger partial charge is 0.0843 e. The molecule has 1 aliphatic rings. The van der Waals surface area contributed by atoms with E-state index in [1.165, 1.54) is 17.8 Å². The Balaban J connectivity index is 2.12. The van der Waals surface area contributed by atoms with E-state index in [-0.39, 0.29) is 0 Å². The minimum atomic E-state index is 0.351. The molecule has 1 unspecified atom stereocenters. The van der Waals surface area contributed by atoms with Crippen LogP contribution in [0.2, 0.25) is 0 Å². The van der Waals surface area contributed by atoms with Crippen LogP contribution in [0.4, 0.5) is 0 Å². The fourth-order valence-corrected chi connectivity index (χ4v) is 4.59. The first-order valence-electron chi connectivity index (χ1n) is 6.19. The second kappa shape index (κ2) is 6.81. The normalized spacial score (nSPS) is 20.9. The molecule has 1 saturated heterocycles. The SMILES string of the molecule is CN1CCCN(C(CN)c2cc(Br)c(Br)s2)CC1. The van der Waals surface area contributed by atoms with E-state index in [2.05, 4.69) is 54.8 Å². The van der Waals surface area contributed by atoms with Gasteiger partial charge in [-0.15, -0.1) is 11.3 Å². The third kappa shape index (κ3) is 3.55. The minimum absolute atomic E-state index is 0.351. The Morgan fingerprint density at radius 3 is 2.72 bits per heavy atom. The number of nitrogens with two attached hydrogens (primary N) is 1. The topological polar surface area (TPSA) is 32.5 Å². The van der Waals surface area contributed by atoms with Gasteiger partial charge in [-0.05, 0) is 57.9 Å². The van der Waals surface area contributed by atoms with E-state index in [0.717, 1.165) is 27.9 Å². The zero-order chi connectivity index (χ0) is 13.1. The number of rotatable bonds is 3. The molecule has 0 bridgehead atoms. The van der Waals surface area contributed by atoms with Crippen LogP contribution in [-0.2, 0) is 0 Å².